The lowest BCUT2D eigenvalue weighted by atomic mass is 9.92. The first-order valence-electron chi connectivity index (χ1n) is 10.2. The molecule has 4 heterocycles. The number of amides is 1. The molecule has 0 spiro atoms. The number of carbonyl (C=O) groups excluding carboxylic acids is 1. The van der Waals surface area contributed by atoms with Crippen LogP contribution in [0.15, 0.2) is 12.1 Å². The summed E-state index contributed by atoms with van der Waals surface area (Å²) in [4.78, 5) is 23.0. The van der Waals surface area contributed by atoms with Gasteiger partial charge in [-0.1, -0.05) is 0 Å². The minimum Gasteiger partial charge on any atom is -0.343 e. The van der Waals surface area contributed by atoms with Crippen molar-refractivity contribution in [2.45, 2.75) is 58.7 Å². The molecule has 0 aliphatic carbocycles. The number of aryl methyl sites for hydroxylation is 4. The van der Waals surface area contributed by atoms with Gasteiger partial charge >= 0.3 is 6.18 Å². The van der Waals surface area contributed by atoms with Crippen molar-refractivity contribution in [2.24, 2.45) is 0 Å². The molecule has 4 rings (SSSR count). The Balaban J connectivity index is 1.43. The Labute approximate surface area is 177 Å². The number of nitrogens with zero attached hydrogens (tertiary/aromatic N) is 7. The molecule has 1 aliphatic rings. The molecule has 0 atom stereocenters. The molecular weight excluding hydrogens is 411 g/mol. The van der Waals surface area contributed by atoms with Crippen LogP contribution in [0.2, 0.25) is 0 Å². The van der Waals surface area contributed by atoms with E-state index in [4.69, 9.17) is 0 Å². The number of carbonyl (C=O) groups is 1. The smallest absolute Gasteiger partial charge is 0.343 e. The van der Waals surface area contributed by atoms with Crippen LogP contribution in [-0.4, -0.2) is 53.3 Å². The number of rotatable bonds is 4. The van der Waals surface area contributed by atoms with Crippen molar-refractivity contribution in [1.29, 1.82) is 0 Å². The number of halogens is 3. The van der Waals surface area contributed by atoms with E-state index >= 15 is 0 Å². The molecule has 3 aromatic heterocycles. The molecule has 11 heteroatoms. The lowest BCUT2D eigenvalue weighted by molar-refractivity contribution is -0.142. The van der Waals surface area contributed by atoms with Gasteiger partial charge < -0.3 is 4.90 Å². The molecule has 1 amide bonds. The molecule has 1 aliphatic heterocycles. The maximum Gasteiger partial charge on any atom is 0.433 e. The van der Waals surface area contributed by atoms with E-state index < -0.39 is 11.9 Å². The molecule has 0 radical (unpaired) electrons. The molecule has 8 nitrogen and oxygen atoms in total. The maximum atomic E-state index is 13.5. The van der Waals surface area contributed by atoms with Crippen molar-refractivity contribution in [2.75, 3.05) is 13.1 Å². The van der Waals surface area contributed by atoms with E-state index in [2.05, 4.69) is 20.2 Å². The highest BCUT2D eigenvalue weighted by molar-refractivity contribution is 5.76. The van der Waals surface area contributed by atoms with E-state index in [-0.39, 0.29) is 17.5 Å². The third-order valence-corrected chi connectivity index (χ3v) is 5.63. The second-order valence-corrected chi connectivity index (χ2v) is 7.95. The van der Waals surface area contributed by atoms with E-state index in [9.17, 15) is 18.0 Å². The first-order valence-corrected chi connectivity index (χ1v) is 10.2. The van der Waals surface area contributed by atoms with Crippen molar-refractivity contribution in [3.63, 3.8) is 0 Å². The van der Waals surface area contributed by atoms with Gasteiger partial charge in [-0.25, -0.2) is 19.2 Å². The highest BCUT2D eigenvalue weighted by atomic mass is 19.4. The van der Waals surface area contributed by atoms with Crippen LogP contribution in [-0.2, 0) is 17.5 Å². The lowest BCUT2D eigenvalue weighted by Crippen LogP contribution is -2.38. The summed E-state index contributed by atoms with van der Waals surface area (Å²) >= 11 is 0. The number of piperidine rings is 1. The molecule has 0 N–H and O–H groups in total. The second kappa shape index (κ2) is 7.93. The van der Waals surface area contributed by atoms with Gasteiger partial charge in [-0.05, 0) is 39.7 Å². The van der Waals surface area contributed by atoms with Gasteiger partial charge in [0.1, 0.15) is 17.3 Å². The number of hydrogen-bond acceptors (Lipinski definition) is 5. The van der Waals surface area contributed by atoms with Gasteiger partial charge in [0.2, 0.25) is 5.91 Å². The van der Waals surface area contributed by atoms with Crippen LogP contribution in [0.4, 0.5) is 13.2 Å². The van der Waals surface area contributed by atoms with Crippen molar-refractivity contribution in [3.8, 4) is 0 Å². The Hall–Kier alpha value is -2.98. The largest absolute Gasteiger partial charge is 0.433 e. The highest BCUT2D eigenvalue weighted by Gasteiger charge is 2.36. The minimum absolute atomic E-state index is 0.0109. The molecule has 1 fully saturated rings. The number of likely N-dealkylation sites (tertiary alicyclic amines) is 1. The lowest BCUT2D eigenvalue weighted by Gasteiger charge is -2.32. The molecule has 3 aromatic rings. The zero-order chi connectivity index (χ0) is 22.3. The van der Waals surface area contributed by atoms with E-state index in [0.717, 1.165) is 16.4 Å². The van der Waals surface area contributed by atoms with Gasteiger partial charge in [0.05, 0.1) is 12.2 Å². The Morgan fingerprint density at radius 3 is 2.42 bits per heavy atom. The fourth-order valence-corrected chi connectivity index (χ4v) is 4.08. The molecular formula is C20H24F3N7O. The SMILES string of the molecule is Cc1cc2nc(C3CCN(C(=O)CCn4nc(C)nc4C)CC3)cc(C(F)(F)F)n2n1. The summed E-state index contributed by atoms with van der Waals surface area (Å²) in [6, 6.07) is 2.64. The third-order valence-electron chi connectivity index (χ3n) is 5.63. The predicted molar refractivity (Wildman–Crippen MR) is 105 cm³/mol. The normalized spacial score (nSPS) is 15.7. The van der Waals surface area contributed by atoms with Gasteiger partial charge in [-0.3, -0.25) is 4.79 Å². The van der Waals surface area contributed by atoms with Gasteiger partial charge in [-0.15, -0.1) is 0 Å². The number of aromatic nitrogens is 6. The number of alkyl halides is 3. The van der Waals surface area contributed by atoms with Crippen LogP contribution in [0.5, 0.6) is 0 Å². The molecule has 0 bridgehead atoms. The zero-order valence-electron chi connectivity index (χ0n) is 17.6. The maximum absolute atomic E-state index is 13.5. The molecule has 31 heavy (non-hydrogen) atoms. The van der Waals surface area contributed by atoms with Crippen LogP contribution in [0.25, 0.3) is 5.65 Å². The predicted octanol–water partition coefficient (Wildman–Crippen LogP) is 3.06. The number of fused-ring (bicyclic) bond motifs is 1. The molecule has 166 valence electrons. The van der Waals surface area contributed by atoms with Gasteiger partial charge in [-0.2, -0.15) is 23.4 Å². The summed E-state index contributed by atoms with van der Waals surface area (Å²) in [5.74, 6) is 1.31. The van der Waals surface area contributed by atoms with E-state index in [0.29, 0.717) is 56.1 Å². The molecule has 0 unspecified atom stereocenters. The monoisotopic (exact) mass is 435 g/mol. The van der Waals surface area contributed by atoms with Crippen LogP contribution in [0.1, 0.15) is 53.9 Å². The van der Waals surface area contributed by atoms with Crippen LogP contribution >= 0.6 is 0 Å². The Kier molecular flexibility index (Phi) is 5.44. The molecule has 0 aromatic carbocycles. The summed E-state index contributed by atoms with van der Waals surface area (Å²) < 4.78 is 43.2. The van der Waals surface area contributed by atoms with Crippen LogP contribution in [0, 0.1) is 20.8 Å². The minimum atomic E-state index is -4.52. The standard InChI is InChI=1S/C20H24F3N7O/c1-12-10-18-25-16(11-17(20(21,22)23)30(18)26-12)15-4-7-28(8-5-15)19(31)6-9-29-14(3)24-13(2)27-29/h10-11,15H,4-9H2,1-3H3. The fraction of sp³-hybridized carbons (Fsp3) is 0.550. The molecule has 0 saturated carbocycles. The first-order chi connectivity index (χ1) is 14.6. The van der Waals surface area contributed by atoms with Gasteiger partial charge in [0.25, 0.3) is 0 Å². The fourth-order valence-electron chi connectivity index (χ4n) is 4.08. The third kappa shape index (κ3) is 4.40. The summed E-state index contributed by atoms with van der Waals surface area (Å²) in [7, 11) is 0. The second-order valence-electron chi connectivity index (χ2n) is 7.95. The van der Waals surface area contributed by atoms with Gasteiger partial charge in [0, 0.05) is 37.2 Å². The Morgan fingerprint density at radius 1 is 1.10 bits per heavy atom. The van der Waals surface area contributed by atoms with E-state index in [1.54, 1.807) is 29.5 Å². The summed E-state index contributed by atoms with van der Waals surface area (Å²) in [5, 5.41) is 8.19. The average molecular weight is 435 g/mol. The Bertz CT molecular complexity index is 1110. The summed E-state index contributed by atoms with van der Waals surface area (Å²) in [6.07, 6.45) is -3.07. The topological polar surface area (TPSA) is 81.2 Å². The van der Waals surface area contributed by atoms with Gasteiger partial charge in [0.15, 0.2) is 5.65 Å². The van der Waals surface area contributed by atoms with E-state index in [1.165, 1.54) is 0 Å². The van der Waals surface area contributed by atoms with Crippen molar-refractivity contribution in [3.05, 3.63) is 40.9 Å². The van der Waals surface area contributed by atoms with E-state index in [1.807, 2.05) is 6.92 Å². The van der Waals surface area contributed by atoms with Crippen molar-refractivity contribution < 1.29 is 18.0 Å². The van der Waals surface area contributed by atoms with Crippen molar-refractivity contribution in [1.82, 2.24) is 34.3 Å². The van der Waals surface area contributed by atoms with Crippen molar-refractivity contribution >= 4 is 11.6 Å². The zero-order valence-corrected chi connectivity index (χ0v) is 17.6. The van der Waals surface area contributed by atoms with Crippen LogP contribution < -0.4 is 0 Å². The highest BCUT2D eigenvalue weighted by Crippen LogP contribution is 2.34. The average Bonchev–Trinajstić information content (AvgIpc) is 3.24. The summed E-state index contributed by atoms with van der Waals surface area (Å²) in [6.45, 7) is 6.73. The quantitative estimate of drug-likeness (QED) is 0.629. The first kappa shape index (κ1) is 21.3. The Morgan fingerprint density at radius 2 is 1.81 bits per heavy atom. The summed E-state index contributed by atoms with van der Waals surface area (Å²) in [5.41, 5.74) is 0.255. The number of hydrogen-bond donors (Lipinski definition) is 0. The van der Waals surface area contributed by atoms with Crippen LogP contribution in [0.3, 0.4) is 0 Å². The molecule has 1 saturated heterocycles.